The zero-order valence-electron chi connectivity index (χ0n) is 12.1. The van der Waals surface area contributed by atoms with E-state index < -0.39 is 10.0 Å². The number of aromatic nitrogens is 1. The van der Waals surface area contributed by atoms with E-state index >= 15 is 0 Å². The van der Waals surface area contributed by atoms with Crippen LogP contribution in [-0.4, -0.2) is 12.4 Å². The molecular weight excluding hydrogens is 362 g/mol. The molecule has 0 aliphatic heterocycles. The van der Waals surface area contributed by atoms with Gasteiger partial charge in [-0.1, -0.05) is 29.8 Å². The minimum atomic E-state index is -3.64. The monoisotopic (exact) mass is 376 g/mol. The molecule has 0 spiro atoms. The van der Waals surface area contributed by atoms with Crippen LogP contribution in [-0.2, 0) is 16.4 Å². The van der Waals surface area contributed by atoms with Crippen LogP contribution in [0.3, 0.4) is 0 Å². The van der Waals surface area contributed by atoms with Crippen molar-refractivity contribution < 1.29 is 8.42 Å². The highest BCUT2D eigenvalue weighted by atomic mass is 79.9. The first-order valence-electron chi connectivity index (χ1n) is 6.85. The Hall–Kier alpha value is -1.59. The lowest BCUT2D eigenvalue weighted by Gasteiger charge is -2.09. The third-order valence-corrected chi connectivity index (χ3v) is 5.99. The minimum absolute atomic E-state index is 0.279. The molecule has 1 aromatic heterocycles. The first kappa shape index (κ1) is 15.3. The summed E-state index contributed by atoms with van der Waals surface area (Å²) in [6.07, 6.45) is 2.20. The van der Waals surface area contributed by atoms with Gasteiger partial charge in [0.1, 0.15) is 0 Å². The maximum atomic E-state index is 13.0. The second-order valence-corrected chi connectivity index (χ2v) is 7.82. The number of nitrogens with zero attached hydrogens (tertiary/aromatic N) is 1. The normalized spacial score (nSPS) is 12.0. The molecule has 113 valence electrons. The van der Waals surface area contributed by atoms with Crippen LogP contribution in [0.4, 0.5) is 0 Å². The smallest absolute Gasteiger partial charge is 0.240 e. The molecule has 0 saturated carbocycles. The van der Waals surface area contributed by atoms with Crippen LogP contribution in [0.15, 0.2) is 58.0 Å². The van der Waals surface area contributed by atoms with Crippen LogP contribution in [0.25, 0.3) is 10.9 Å². The number of halogens is 1. The Bertz CT molecular complexity index is 941. The molecule has 5 heteroatoms. The molecular formula is C17H15BrNO2S. The van der Waals surface area contributed by atoms with Gasteiger partial charge in [-0.15, -0.1) is 0 Å². The molecule has 2 aromatic carbocycles. The van der Waals surface area contributed by atoms with Crippen LogP contribution in [0, 0.1) is 13.8 Å². The molecule has 0 unspecified atom stereocenters. The summed E-state index contributed by atoms with van der Waals surface area (Å²) < 4.78 is 28.0. The Morgan fingerprint density at radius 1 is 1.14 bits per heavy atom. The van der Waals surface area contributed by atoms with Crippen LogP contribution in [0.2, 0.25) is 0 Å². The van der Waals surface area contributed by atoms with E-state index in [-0.39, 0.29) is 4.90 Å². The van der Waals surface area contributed by atoms with Crippen molar-refractivity contribution in [2.24, 2.45) is 0 Å². The fourth-order valence-electron chi connectivity index (χ4n) is 2.49. The number of rotatable bonds is 3. The molecule has 1 heterocycles. The van der Waals surface area contributed by atoms with Gasteiger partial charge in [0.2, 0.25) is 0 Å². The number of aryl methyl sites for hydroxylation is 1. The van der Waals surface area contributed by atoms with Gasteiger partial charge in [0.15, 0.2) is 0 Å². The maximum Gasteiger partial charge on any atom is 0.268 e. The van der Waals surface area contributed by atoms with Crippen molar-refractivity contribution in [3.8, 4) is 0 Å². The zero-order chi connectivity index (χ0) is 15.9. The van der Waals surface area contributed by atoms with E-state index in [0.29, 0.717) is 11.9 Å². The van der Waals surface area contributed by atoms with E-state index in [1.807, 2.05) is 25.1 Å². The van der Waals surface area contributed by atoms with Gasteiger partial charge in [0, 0.05) is 16.1 Å². The van der Waals surface area contributed by atoms with E-state index in [2.05, 4.69) is 22.9 Å². The lowest BCUT2D eigenvalue weighted by molar-refractivity contribution is 0.589. The van der Waals surface area contributed by atoms with Gasteiger partial charge in [-0.2, -0.15) is 0 Å². The molecule has 3 nitrogen and oxygen atoms in total. The third kappa shape index (κ3) is 2.38. The molecule has 0 N–H and O–H groups in total. The van der Waals surface area contributed by atoms with Gasteiger partial charge in [0.05, 0.1) is 10.4 Å². The van der Waals surface area contributed by atoms with Gasteiger partial charge < -0.3 is 0 Å². The summed E-state index contributed by atoms with van der Waals surface area (Å²) in [5, 5.41) is 0.903. The highest BCUT2D eigenvalue weighted by Crippen LogP contribution is 2.31. The maximum absolute atomic E-state index is 13.0. The average molecular weight is 377 g/mol. The van der Waals surface area contributed by atoms with Crippen molar-refractivity contribution in [3.05, 3.63) is 71.2 Å². The second-order valence-electron chi connectivity index (χ2n) is 5.15. The van der Waals surface area contributed by atoms with Gasteiger partial charge in [-0.05, 0) is 60.0 Å². The molecule has 3 rings (SSSR count). The van der Waals surface area contributed by atoms with Crippen molar-refractivity contribution in [1.82, 2.24) is 3.97 Å². The molecule has 3 aromatic rings. The Morgan fingerprint density at radius 2 is 1.82 bits per heavy atom. The van der Waals surface area contributed by atoms with E-state index in [9.17, 15) is 8.42 Å². The number of benzene rings is 2. The van der Waals surface area contributed by atoms with Crippen LogP contribution in [0.1, 0.15) is 11.1 Å². The lowest BCUT2D eigenvalue weighted by atomic mass is 10.1. The summed E-state index contributed by atoms with van der Waals surface area (Å²) in [6, 6.07) is 12.5. The first-order valence-corrected chi connectivity index (χ1v) is 9.08. The first-order chi connectivity index (χ1) is 10.4. The highest BCUT2D eigenvalue weighted by molar-refractivity contribution is 9.10. The molecule has 0 amide bonds. The Balaban J connectivity index is 2.32. The van der Waals surface area contributed by atoms with Crippen molar-refractivity contribution in [1.29, 1.82) is 0 Å². The van der Waals surface area contributed by atoms with E-state index in [1.165, 1.54) is 3.97 Å². The fraction of sp³-hybridized carbons (Fsp3) is 0.118. The SMILES string of the molecule is [CH2]Cc1cn(S(=O)(=O)c2ccc(C)cc2)c2c(Br)cccc12. The summed E-state index contributed by atoms with van der Waals surface area (Å²) in [7, 11) is -3.64. The molecule has 0 bridgehead atoms. The van der Waals surface area contributed by atoms with Crippen molar-refractivity contribution >= 4 is 36.9 Å². The predicted molar refractivity (Wildman–Crippen MR) is 92.5 cm³/mol. The molecule has 1 radical (unpaired) electrons. The number of fused-ring (bicyclic) bond motifs is 1. The van der Waals surface area contributed by atoms with Crippen LogP contribution >= 0.6 is 15.9 Å². The lowest BCUT2D eigenvalue weighted by Crippen LogP contribution is -2.12. The van der Waals surface area contributed by atoms with Crippen LogP contribution < -0.4 is 0 Å². The standard InChI is InChI=1S/C17H15BrNO2S/c1-3-13-11-19(17-15(13)5-4-6-16(17)18)22(20,21)14-9-7-12(2)8-10-14/h4-11H,1,3H2,2H3. The van der Waals surface area contributed by atoms with E-state index in [4.69, 9.17) is 0 Å². The minimum Gasteiger partial charge on any atom is -0.240 e. The quantitative estimate of drug-likeness (QED) is 0.682. The summed E-state index contributed by atoms with van der Waals surface area (Å²) in [5.41, 5.74) is 2.59. The summed E-state index contributed by atoms with van der Waals surface area (Å²) >= 11 is 3.46. The summed E-state index contributed by atoms with van der Waals surface area (Å²) in [4.78, 5) is 0.279. The molecule has 0 aliphatic rings. The van der Waals surface area contributed by atoms with Gasteiger partial charge in [-0.3, -0.25) is 0 Å². The largest absolute Gasteiger partial charge is 0.268 e. The van der Waals surface area contributed by atoms with Gasteiger partial charge in [-0.25, -0.2) is 12.4 Å². The number of hydrogen-bond acceptors (Lipinski definition) is 2. The number of para-hydroxylation sites is 1. The zero-order valence-corrected chi connectivity index (χ0v) is 14.5. The second kappa shape index (κ2) is 5.56. The summed E-state index contributed by atoms with van der Waals surface area (Å²) in [6.45, 7) is 5.82. The van der Waals surface area contributed by atoms with Crippen LogP contribution in [0.5, 0.6) is 0 Å². The highest BCUT2D eigenvalue weighted by Gasteiger charge is 2.22. The topological polar surface area (TPSA) is 39.1 Å². The Kier molecular flexibility index (Phi) is 3.87. The predicted octanol–water partition coefficient (Wildman–Crippen LogP) is 4.33. The molecule has 0 aliphatic carbocycles. The average Bonchev–Trinajstić information content (AvgIpc) is 2.88. The number of hydrogen-bond donors (Lipinski definition) is 0. The van der Waals surface area contributed by atoms with Crippen molar-refractivity contribution in [2.45, 2.75) is 18.2 Å². The molecule has 0 fully saturated rings. The molecule has 22 heavy (non-hydrogen) atoms. The van der Waals surface area contributed by atoms with Gasteiger partial charge >= 0.3 is 0 Å². The molecule has 0 atom stereocenters. The Labute approximate surface area is 138 Å². The third-order valence-electron chi connectivity index (χ3n) is 3.67. The van der Waals surface area contributed by atoms with E-state index in [1.54, 1.807) is 30.5 Å². The van der Waals surface area contributed by atoms with E-state index in [0.717, 1.165) is 21.0 Å². The fourth-order valence-corrected chi connectivity index (χ4v) is 4.57. The summed E-state index contributed by atoms with van der Waals surface area (Å²) in [5.74, 6) is 0. The Morgan fingerprint density at radius 3 is 2.45 bits per heavy atom. The molecule has 0 saturated heterocycles. The van der Waals surface area contributed by atoms with Crippen molar-refractivity contribution in [2.75, 3.05) is 0 Å². The van der Waals surface area contributed by atoms with Crippen molar-refractivity contribution in [3.63, 3.8) is 0 Å². The van der Waals surface area contributed by atoms with Gasteiger partial charge in [0.25, 0.3) is 10.0 Å².